The zero-order valence-electron chi connectivity index (χ0n) is 6.87. The third-order valence-corrected chi connectivity index (χ3v) is 1.84. The average Bonchev–Trinajstić information content (AvgIpc) is 2.18. The molecular formula is C9H9FO3. The number of rotatable bonds is 1. The van der Waals surface area contributed by atoms with Crippen molar-refractivity contribution in [3.8, 4) is 11.5 Å². The number of aliphatic hydroxyl groups is 1. The van der Waals surface area contributed by atoms with Crippen LogP contribution >= 0.6 is 0 Å². The quantitative estimate of drug-likeness (QED) is 0.706. The Morgan fingerprint density at radius 1 is 1.54 bits per heavy atom. The Bertz CT molecular complexity index is 314. The highest BCUT2D eigenvalue weighted by Gasteiger charge is 2.22. The molecule has 1 aromatic rings. The number of aliphatic hydroxyl groups excluding tert-OH is 1. The van der Waals surface area contributed by atoms with E-state index in [0.717, 1.165) is 0 Å². The fraction of sp³-hybridized carbons (Fsp3) is 0.333. The molecule has 0 fully saturated rings. The molecule has 0 amide bonds. The highest BCUT2D eigenvalue weighted by Crippen LogP contribution is 2.33. The van der Waals surface area contributed by atoms with Crippen molar-refractivity contribution in [1.29, 1.82) is 0 Å². The van der Waals surface area contributed by atoms with Gasteiger partial charge in [-0.1, -0.05) is 6.07 Å². The summed E-state index contributed by atoms with van der Waals surface area (Å²) in [5.41, 5.74) is 0. The molecule has 1 aliphatic rings. The average molecular weight is 184 g/mol. The minimum atomic E-state index is -0.468. The predicted octanol–water partition coefficient (Wildman–Crippen LogP) is 0.958. The molecule has 0 unspecified atom stereocenters. The first-order chi connectivity index (χ1) is 6.31. The van der Waals surface area contributed by atoms with Crippen molar-refractivity contribution >= 4 is 0 Å². The monoisotopic (exact) mass is 184 g/mol. The number of hydrogen-bond donors (Lipinski definition) is 1. The summed E-state index contributed by atoms with van der Waals surface area (Å²) in [6, 6.07) is 4.48. The number of hydrogen-bond acceptors (Lipinski definition) is 3. The Balaban J connectivity index is 2.32. The van der Waals surface area contributed by atoms with Crippen molar-refractivity contribution in [3.63, 3.8) is 0 Å². The van der Waals surface area contributed by atoms with E-state index in [1.807, 2.05) is 0 Å². The topological polar surface area (TPSA) is 38.7 Å². The SMILES string of the molecule is OC[C@H]1COc2cccc(F)c2O1. The van der Waals surface area contributed by atoms with Gasteiger partial charge in [-0.25, -0.2) is 4.39 Å². The van der Waals surface area contributed by atoms with Crippen LogP contribution in [-0.4, -0.2) is 24.4 Å². The fourth-order valence-corrected chi connectivity index (χ4v) is 1.19. The molecule has 0 aromatic heterocycles. The van der Waals surface area contributed by atoms with E-state index < -0.39 is 11.9 Å². The Kier molecular flexibility index (Phi) is 2.06. The van der Waals surface area contributed by atoms with Crippen LogP contribution in [0.5, 0.6) is 11.5 Å². The zero-order valence-corrected chi connectivity index (χ0v) is 6.87. The molecule has 1 aromatic carbocycles. The Hall–Kier alpha value is -1.29. The molecule has 1 aliphatic heterocycles. The number of ether oxygens (including phenoxy) is 2. The molecule has 0 radical (unpaired) electrons. The summed E-state index contributed by atoms with van der Waals surface area (Å²) in [5, 5.41) is 8.78. The zero-order chi connectivity index (χ0) is 9.26. The van der Waals surface area contributed by atoms with Gasteiger partial charge < -0.3 is 14.6 Å². The lowest BCUT2D eigenvalue weighted by molar-refractivity contribution is 0.0418. The van der Waals surface area contributed by atoms with Crippen molar-refractivity contribution in [2.75, 3.05) is 13.2 Å². The van der Waals surface area contributed by atoms with Crippen LogP contribution in [0.25, 0.3) is 0 Å². The van der Waals surface area contributed by atoms with Gasteiger partial charge in [0, 0.05) is 0 Å². The molecule has 1 N–H and O–H groups in total. The minimum Gasteiger partial charge on any atom is -0.486 e. The lowest BCUT2D eigenvalue weighted by Gasteiger charge is -2.25. The van der Waals surface area contributed by atoms with Crippen LogP contribution < -0.4 is 9.47 Å². The number of fused-ring (bicyclic) bond motifs is 1. The third kappa shape index (κ3) is 1.45. The van der Waals surface area contributed by atoms with Gasteiger partial charge in [-0.2, -0.15) is 0 Å². The van der Waals surface area contributed by atoms with Gasteiger partial charge in [0.15, 0.2) is 23.4 Å². The molecule has 0 bridgehead atoms. The lowest BCUT2D eigenvalue weighted by Crippen LogP contribution is -2.32. The summed E-state index contributed by atoms with van der Waals surface area (Å²) in [4.78, 5) is 0. The fourth-order valence-electron chi connectivity index (χ4n) is 1.19. The minimum absolute atomic E-state index is 0.0906. The van der Waals surface area contributed by atoms with Gasteiger partial charge in [0.2, 0.25) is 0 Å². The van der Waals surface area contributed by atoms with Crippen LogP contribution in [0.4, 0.5) is 4.39 Å². The van der Waals surface area contributed by atoms with Crippen molar-refractivity contribution in [2.45, 2.75) is 6.10 Å². The Morgan fingerprint density at radius 3 is 3.15 bits per heavy atom. The van der Waals surface area contributed by atoms with Gasteiger partial charge in [-0.15, -0.1) is 0 Å². The van der Waals surface area contributed by atoms with Gasteiger partial charge in [0.25, 0.3) is 0 Å². The maximum Gasteiger partial charge on any atom is 0.197 e. The highest BCUT2D eigenvalue weighted by atomic mass is 19.1. The van der Waals surface area contributed by atoms with E-state index in [2.05, 4.69) is 0 Å². The molecule has 2 rings (SSSR count). The van der Waals surface area contributed by atoms with Gasteiger partial charge in [0.1, 0.15) is 6.61 Å². The van der Waals surface area contributed by atoms with Gasteiger partial charge >= 0.3 is 0 Å². The summed E-state index contributed by atoms with van der Waals surface area (Å²) >= 11 is 0. The number of benzene rings is 1. The van der Waals surface area contributed by atoms with E-state index in [-0.39, 0.29) is 19.0 Å². The molecule has 1 heterocycles. The lowest BCUT2D eigenvalue weighted by atomic mass is 10.2. The van der Waals surface area contributed by atoms with Crippen molar-refractivity contribution in [1.82, 2.24) is 0 Å². The maximum absolute atomic E-state index is 13.1. The summed E-state index contributed by atoms with van der Waals surface area (Å²) in [5.74, 6) is 0.0214. The second-order valence-electron chi connectivity index (χ2n) is 2.80. The van der Waals surface area contributed by atoms with Crippen LogP contribution in [0, 0.1) is 5.82 Å². The molecule has 1 atom stereocenters. The number of para-hydroxylation sites is 1. The van der Waals surface area contributed by atoms with Crippen LogP contribution in [0.3, 0.4) is 0 Å². The van der Waals surface area contributed by atoms with Crippen LogP contribution in [-0.2, 0) is 0 Å². The van der Waals surface area contributed by atoms with E-state index >= 15 is 0 Å². The maximum atomic E-state index is 13.1. The summed E-state index contributed by atoms with van der Waals surface area (Å²) in [6.45, 7) is 0.0841. The first-order valence-corrected chi connectivity index (χ1v) is 4.00. The Morgan fingerprint density at radius 2 is 2.38 bits per heavy atom. The molecule has 4 heteroatoms. The normalized spacial score (nSPS) is 20.0. The van der Waals surface area contributed by atoms with Gasteiger partial charge in [0.05, 0.1) is 6.61 Å². The first kappa shape index (κ1) is 8.31. The van der Waals surface area contributed by atoms with Crippen LogP contribution in [0.1, 0.15) is 0 Å². The van der Waals surface area contributed by atoms with Gasteiger partial charge in [-0.05, 0) is 12.1 Å². The first-order valence-electron chi connectivity index (χ1n) is 4.00. The third-order valence-electron chi connectivity index (χ3n) is 1.84. The largest absolute Gasteiger partial charge is 0.486 e. The van der Waals surface area contributed by atoms with Crippen molar-refractivity contribution < 1.29 is 19.0 Å². The van der Waals surface area contributed by atoms with Gasteiger partial charge in [-0.3, -0.25) is 0 Å². The second kappa shape index (κ2) is 3.22. The molecule has 13 heavy (non-hydrogen) atoms. The molecule has 0 spiro atoms. The second-order valence-corrected chi connectivity index (χ2v) is 2.80. The van der Waals surface area contributed by atoms with E-state index in [1.54, 1.807) is 12.1 Å². The smallest absolute Gasteiger partial charge is 0.197 e. The van der Waals surface area contributed by atoms with E-state index in [1.165, 1.54) is 6.07 Å². The summed E-state index contributed by atoms with van der Waals surface area (Å²) < 4.78 is 23.4. The van der Waals surface area contributed by atoms with Crippen LogP contribution in [0.2, 0.25) is 0 Å². The highest BCUT2D eigenvalue weighted by molar-refractivity contribution is 5.42. The predicted molar refractivity (Wildman–Crippen MR) is 43.4 cm³/mol. The molecule has 0 saturated carbocycles. The number of halogens is 1. The van der Waals surface area contributed by atoms with Crippen LogP contribution in [0.15, 0.2) is 18.2 Å². The standard InChI is InChI=1S/C9H9FO3/c10-7-2-1-3-8-9(7)13-6(4-11)5-12-8/h1-3,6,11H,4-5H2/t6-/m0/s1. The Labute approximate surface area is 74.7 Å². The summed E-state index contributed by atoms with van der Waals surface area (Å²) in [7, 11) is 0. The molecular weight excluding hydrogens is 175 g/mol. The molecule has 3 nitrogen and oxygen atoms in total. The molecule has 0 aliphatic carbocycles. The summed E-state index contributed by atoms with van der Waals surface area (Å²) in [6.07, 6.45) is -0.468. The molecule has 70 valence electrons. The van der Waals surface area contributed by atoms with E-state index in [0.29, 0.717) is 5.75 Å². The molecule has 0 saturated heterocycles. The van der Waals surface area contributed by atoms with Crippen molar-refractivity contribution in [2.24, 2.45) is 0 Å². The van der Waals surface area contributed by atoms with Crippen molar-refractivity contribution in [3.05, 3.63) is 24.0 Å². The van der Waals surface area contributed by atoms with E-state index in [9.17, 15) is 4.39 Å². The van der Waals surface area contributed by atoms with E-state index in [4.69, 9.17) is 14.6 Å².